The van der Waals surface area contributed by atoms with Crippen molar-refractivity contribution in [3.63, 3.8) is 0 Å². The smallest absolute Gasteiger partial charge is 0.127 e. The molecule has 18 heavy (non-hydrogen) atoms. The van der Waals surface area contributed by atoms with Gasteiger partial charge in [-0.25, -0.2) is 4.98 Å². The van der Waals surface area contributed by atoms with E-state index in [1.165, 1.54) is 5.56 Å². The summed E-state index contributed by atoms with van der Waals surface area (Å²) in [6, 6.07) is 10.4. The molecule has 1 aromatic carbocycles. The third-order valence-corrected chi connectivity index (χ3v) is 3.18. The van der Waals surface area contributed by atoms with E-state index < -0.39 is 0 Å². The van der Waals surface area contributed by atoms with Gasteiger partial charge in [-0.3, -0.25) is 0 Å². The Labute approximate surface area is 109 Å². The van der Waals surface area contributed by atoms with Crippen LogP contribution in [0.3, 0.4) is 0 Å². The highest BCUT2D eigenvalue weighted by Gasteiger charge is 2.16. The minimum Gasteiger partial charge on any atom is -0.384 e. The van der Waals surface area contributed by atoms with Gasteiger partial charge in [0, 0.05) is 12.5 Å². The van der Waals surface area contributed by atoms with Gasteiger partial charge in [-0.05, 0) is 11.5 Å². The van der Waals surface area contributed by atoms with Gasteiger partial charge in [-0.2, -0.15) is 0 Å². The topological polar surface area (TPSA) is 43.8 Å². The van der Waals surface area contributed by atoms with E-state index in [1.54, 1.807) is 0 Å². The van der Waals surface area contributed by atoms with Crippen molar-refractivity contribution in [1.29, 1.82) is 0 Å². The molecule has 0 saturated carbocycles. The van der Waals surface area contributed by atoms with E-state index in [0.717, 1.165) is 18.1 Å². The molecule has 0 saturated heterocycles. The van der Waals surface area contributed by atoms with E-state index in [4.69, 9.17) is 5.73 Å². The summed E-state index contributed by atoms with van der Waals surface area (Å²) in [4.78, 5) is 4.48. The average Bonchev–Trinajstić information content (AvgIpc) is 2.71. The summed E-state index contributed by atoms with van der Waals surface area (Å²) in [6.07, 6.45) is 1.85. The van der Waals surface area contributed by atoms with E-state index in [0.29, 0.717) is 5.92 Å². The first-order valence-electron chi connectivity index (χ1n) is 6.45. The van der Waals surface area contributed by atoms with Crippen LogP contribution in [0.4, 0.5) is 5.82 Å². The van der Waals surface area contributed by atoms with Crippen LogP contribution in [0, 0.1) is 5.92 Å². The molecule has 0 fully saturated rings. The predicted octanol–water partition coefficient (Wildman–Crippen LogP) is 3.27. The summed E-state index contributed by atoms with van der Waals surface area (Å²) >= 11 is 0. The Morgan fingerprint density at radius 3 is 2.44 bits per heavy atom. The van der Waals surface area contributed by atoms with Gasteiger partial charge in [-0.1, -0.05) is 51.1 Å². The fourth-order valence-electron chi connectivity index (χ4n) is 2.18. The Hall–Kier alpha value is -1.77. The number of rotatable bonds is 4. The molecule has 96 valence electrons. The van der Waals surface area contributed by atoms with E-state index in [2.05, 4.69) is 37.9 Å². The maximum Gasteiger partial charge on any atom is 0.127 e. The zero-order valence-corrected chi connectivity index (χ0v) is 11.3. The maximum absolute atomic E-state index is 6.19. The minimum atomic E-state index is 0.236. The summed E-state index contributed by atoms with van der Waals surface area (Å²) < 4.78 is 2.04. The number of anilines is 1. The van der Waals surface area contributed by atoms with Crippen molar-refractivity contribution >= 4 is 5.82 Å². The monoisotopic (exact) mass is 243 g/mol. The Morgan fingerprint density at radius 2 is 1.83 bits per heavy atom. The third kappa shape index (κ3) is 2.55. The Morgan fingerprint density at radius 1 is 1.17 bits per heavy atom. The molecule has 0 aliphatic heterocycles. The lowest BCUT2D eigenvalue weighted by Gasteiger charge is -2.12. The molecule has 2 N–H and O–H groups in total. The fourth-order valence-corrected chi connectivity index (χ4v) is 2.18. The molecule has 0 bridgehead atoms. The van der Waals surface area contributed by atoms with Gasteiger partial charge in [0.2, 0.25) is 0 Å². The second kappa shape index (κ2) is 5.25. The average molecular weight is 243 g/mol. The van der Waals surface area contributed by atoms with Crippen LogP contribution in [0.1, 0.15) is 37.9 Å². The molecule has 3 heteroatoms. The van der Waals surface area contributed by atoms with Crippen LogP contribution < -0.4 is 5.73 Å². The fraction of sp³-hybridized carbons (Fsp3) is 0.400. The summed E-state index contributed by atoms with van der Waals surface area (Å²) in [6.45, 7) is 7.42. The van der Waals surface area contributed by atoms with Gasteiger partial charge in [0.15, 0.2) is 0 Å². The van der Waals surface area contributed by atoms with Gasteiger partial charge in [-0.15, -0.1) is 0 Å². The number of hydrogen-bond donors (Lipinski definition) is 1. The lowest BCUT2D eigenvalue weighted by atomic mass is 9.98. The molecule has 1 unspecified atom stereocenters. The quantitative estimate of drug-likeness (QED) is 0.895. The summed E-state index contributed by atoms with van der Waals surface area (Å²) in [7, 11) is 0. The zero-order valence-electron chi connectivity index (χ0n) is 11.3. The van der Waals surface area contributed by atoms with Gasteiger partial charge in [0.25, 0.3) is 0 Å². The van der Waals surface area contributed by atoms with Crippen LogP contribution in [-0.4, -0.2) is 9.55 Å². The van der Waals surface area contributed by atoms with E-state index in [1.807, 2.05) is 29.1 Å². The number of benzene rings is 1. The first-order valence-corrected chi connectivity index (χ1v) is 6.45. The molecule has 2 rings (SSSR count). The molecular formula is C15H21N3. The third-order valence-electron chi connectivity index (χ3n) is 3.18. The van der Waals surface area contributed by atoms with Crippen molar-refractivity contribution in [3.05, 3.63) is 47.9 Å². The van der Waals surface area contributed by atoms with Crippen molar-refractivity contribution in [2.45, 2.75) is 33.2 Å². The number of hydrogen-bond acceptors (Lipinski definition) is 2. The number of imidazole rings is 1. The van der Waals surface area contributed by atoms with Crippen molar-refractivity contribution < 1.29 is 0 Å². The van der Waals surface area contributed by atoms with Crippen LogP contribution in [0.15, 0.2) is 36.7 Å². The van der Waals surface area contributed by atoms with Gasteiger partial charge in [0.05, 0.1) is 12.0 Å². The highest BCUT2D eigenvalue weighted by Crippen LogP contribution is 2.27. The molecule has 0 aliphatic carbocycles. The number of nitrogen functional groups attached to an aromatic ring is 1. The van der Waals surface area contributed by atoms with Crippen LogP contribution in [0.25, 0.3) is 0 Å². The van der Waals surface area contributed by atoms with Crippen molar-refractivity contribution in [2.75, 3.05) is 5.73 Å². The second-order valence-corrected chi connectivity index (χ2v) is 5.19. The van der Waals surface area contributed by atoms with Crippen LogP contribution in [-0.2, 0) is 6.54 Å². The standard InChI is InChI=1S/C15H21N3/c1-11(2)9-18-10-17-14(15(18)16)12(3)13-7-5-4-6-8-13/h4-8,10-12H,9,16H2,1-3H3. The Balaban J connectivity index is 2.26. The first-order chi connectivity index (χ1) is 8.59. The normalized spacial score (nSPS) is 12.9. The summed E-state index contributed by atoms with van der Waals surface area (Å²) in [5.41, 5.74) is 8.41. The first kappa shape index (κ1) is 12.7. The molecular weight excluding hydrogens is 222 g/mol. The van der Waals surface area contributed by atoms with Crippen LogP contribution in [0.5, 0.6) is 0 Å². The van der Waals surface area contributed by atoms with Crippen LogP contribution >= 0.6 is 0 Å². The van der Waals surface area contributed by atoms with Gasteiger partial charge >= 0.3 is 0 Å². The Kier molecular flexibility index (Phi) is 3.70. The summed E-state index contributed by atoms with van der Waals surface area (Å²) in [5, 5.41) is 0. The van der Waals surface area contributed by atoms with E-state index >= 15 is 0 Å². The highest BCUT2D eigenvalue weighted by atomic mass is 15.1. The lowest BCUT2D eigenvalue weighted by molar-refractivity contribution is 0.527. The van der Waals surface area contributed by atoms with Gasteiger partial charge in [0.1, 0.15) is 5.82 Å². The maximum atomic E-state index is 6.19. The SMILES string of the molecule is CC(C)Cn1cnc(C(C)c2ccccc2)c1N. The second-order valence-electron chi connectivity index (χ2n) is 5.19. The number of nitrogens with two attached hydrogens (primary N) is 1. The van der Waals surface area contributed by atoms with Crippen molar-refractivity contribution in [2.24, 2.45) is 5.92 Å². The molecule has 0 radical (unpaired) electrons. The molecule has 1 atom stereocenters. The molecule has 0 amide bonds. The molecule has 0 aliphatic rings. The predicted molar refractivity (Wildman–Crippen MR) is 75.4 cm³/mol. The van der Waals surface area contributed by atoms with Gasteiger partial charge < -0.3 is 10.3 Å². The van der Waals surface area contributed by atoms with E-state index in [9.17, 15) is 0 Å². The summed E-state index contributed by atoms with van der Waals surface area (Å²) in [5.74, 6) is 1.60. The lowest BCUT2D eigenvalue weighted by Crippen LogP contribution is -2.08. The molecule has 1 aromatic heterocycles. The number of aromatic nitrogens is 2. The zero-order chi connectivity index (χ0) is 13.1. The molecule has 1 heterocycles. The highest BCUT2D eigenvalue weighted by molar-refractivity contribution is 5.42. The Bertz CT molecular complexity index is 500. The largest absolute Gasteiger partial charge is 0.384 e. The van der Waals surface area contributed by atoms with Crippen molar-refractivity contribution in [1.82, 2.24) is 9.55 Å². The van der Waals surface area contributed by atoms with Crippen molar-refractivity contribution in [3.8, 4) is 0 Å². The number of nitrogens with zero attached hydrogens (tertiary/aromatic N) is 2. The molecule has 3 nitrogen and oxygen atoms in total. The molecule has 2 aromatic rings. The van der Waals surface area contributed by atoms with Crippen LogP contribution in [0.2, 0.25) is 0 Å². The molecule has 0 spiro atoms. The van der Waals surface area contributed by atoms with E-state index in [-0.39, 0.29) is 5.92 Å². The minimum absolute atomic E-state index is 0.236.